The Balaban J connectivity index is 1.66. The summed E-state index contributed by atoms with van der Waals surface area (Å²) in [6.45, 7) is 7.57. The number of rotatable bonds is 4. The van der Waals surface area contributed by atoms with Crippen LogP contribution in [0.2, 0.25) is 0 Å². The van der Waals surface area contributed by atoms with Crippen LogP contribution in [0.3, 0.4) is 0 Å². The third-order valence-corrected chi connectivity index (χ3v) is 7.13. The number of carbonyl (C=O) groups is 1. The lowest BCUT2D eigenvalue weighted by molar-refractivity contribution is 0.0698. The standard InChI is InChI=1S/C22H28N2O4S/c1-22(2,3)18-7-11-20(12-8-18)29(26,27)24-15-13-23(14-16-24)21(25)17-5-9-19(28-4)10-6-17/h5-12H,13-16H2,1-4H3. The van der Waals surface area contributed by atoms with Crippen molar-refractivity contribution in [1.29, 1.82) is 0 Å². The number of hydrogen-bond donors (Lipinski definition) is 0. The topological polar surface area (TPSA) is 66.9 Å². The van der Waals surface area contributed by atoms with Crippen LogP contribution in [0.15, 0.2) is 53.4 Å². The quantitative estimate of drug-likeness (QED) is 0.768. The summed E-state index contributed by atoms with van der Waals surface area (Å²) in [6, 6.07) is 14.0. The maximum absolute atomic E-state index is 13.0. The number of sulfonamides is 1. The molecule has 0 atom stereocenters. The average Bonchev–Trinajstić information content (AvgIpc) is 2.73. The van der Waals surface area contributed by atoms with Crippen molar-refractivity contribution in [2.45, 2.75) is 31.1 Å². The van der Waals surface area contributed by atoms with Gasteiger partial charge in [-0.3, -0.25) is 4.79 Å². The van der Waals surface area contributed by atoms with Crippen LogP contribution in [-0.2, 0) is 15.4 Å². The normalized spacial score (nSPS) is 15.9. The van der Waals surface area contributed by atoms with Crippen LogP contribution < -0.4 is 4.74 Å². The zero-order valence-electron chi connectivity index (χ0n) is 17.4. The van der Waals surface area contributed by atoms with Gasteiger partial charge in [0.1, 0.15) is 5.75 Å². The molecule has 0 radical (unpaired) electrons. The highest BCUT2D eigenvalue weighted by atomic mass is 32.2. The number of ether oxygens (including phenoxy) is 1. The van der Waals surface area contributed by atoms with E-state index < -0.39 is 10.0 Å². The summed E-state index contributed by atoms with van der Waals surface area (Å²) in [5.41, 5.74) is 1.63. The van der Waals surface area contributed by atoms with Crippen molar-refractivity contribution >= 4 is 15.9 Å². The summed E-state index contributed by atoms with van der Waals surface area (Å²) in [7, 11) is -1.99. The van der Waals surface area contributed by atoms with E-state index >= 15 is 0 Å². The van der Waals surface area contributed by atoms with Crippen molar-refractivity contribution in [2.75, 3.05) is 33.3 Å². The van der Waals surface area contributed by atoms with Crippen molar-refractivity contribution < 1.29 is 17.9 Å². The van der Waals surface area contributed by atoms with Gasteiger partial charge in [0.15, 0.2) is 0 Å². The molecular formula is C22H28N2O4S. The van der Waals surface area contributed by atoms with E-state index in [0.29, 0.717) is 29.3 Å². The molecule has 2 aromatic rings. The highest BCUT2D eigenvalue weighted by Crippen LogP contribution is 2.25. The molecule has 0 aliphatic carbocycles. The molecule has 0 N–H and O–H groups in total. The molecule has 0 saturated carbocycles. The summed E-state index contributed by atoms with van der Waals surface area (Å²) in [4.78, 5) is 14.7. The fraction of sp³-hybridized carbons (Fsp3) is 0.409. The lowest BCUT2D eigenvalue weighted by Crippen LogP contribution is -2.50. The molecule has 0 bridgehead atoms. The molecular weight excluding hydrogens is 388 g/mol. The van der Waals surface area contributed by atoms with Gasteiger partial charge in [-0.15, -0.1) is 0 Å². The number of amides is 1. The number of piperazine rings is 1. The highest BCUT2D eigenvalue weighted by molar-refractivity contribution is 7.89. The van der Waals surface area contributed by atoms with Gasteiger partial charge in [0.2, 0.25) is 10.0 Å². The summed E-state index contributed by atoms with van der Waals surface area (Å²) < 4.78 is 32.5. The number of benzene rings is 2. The number of carbonyl (C=O) groups excluding carboxylic acids is 1. The summed E-state index contributed by atoms with van der Waals surface area (Å²) in [5, 5.41) is 0. The van der Waals surface area contributed by atoms with Gasteiger partial charge in [-0.2, -0.15) is 4.31 Å². The smallest absolute Gasteiger partial charge is 0.253 e. The van der Waals surface area contributed by atoms with Gasteiger partial charge < -0.3 is 9.64 Å². The van der Waals surface area contributed by atoms with Gasteiger partial charge in [-0.05, 0) is 47.4 Å². The van der Waals surface area contributed by atoms with Crippen molar-refractivity contribution in [3.8, 4) is 5.75 Å². The minimum Gasteiger partial charge on any atom is -0.497 e. The van der Waals surface area contributed by atoms with Crippen LogP contribution in [0, 0.1) is 0 Å². The second-order valence-electron chi connectivity index (χ2n) is 8.20. The maximum Gasteiger partial charge on any atom is 0.253 e. The van der Waals surface area contributed by atoms with Gasteiger partial charge in [0.25, 0.3) is 5.91 Å². The fourth-order valence-corrected chi connectivity index (χ4v) is 4.75. The summed E-state index contributed by atoms with van der Waals surface area (Å²) >= 11 is 0. The Labute approximate surface area is 173 Å². The largest absolute Gasteiger partial charge is 0.497 e. The molecule has 1 fully saturated rings. The molecule has 1 amide bonds. The second-order valence-corrected chi connectivity index (χ2v) is 10.1. The molecule has 3 rings (SSSR count). The van der Waals surface area contributed by atoms with E-state index in [4.69, 9.17) is 4.74 Å². The Morgan fingerprint density at radius 3 is 1.93 bits per heavy atom. The number of nitrogens with zero attached hydrogens (tertiary/aromatic N) is 2. The van der Waals surface area contributed by atoms with Crippen molar-refractivity contribution in [3.63, 3.8) is 0 Å². The van der Waals surface area contributed by atoms with Crippen molar-refractivity contribution in [2.24, 2.45) is 0 Å². The Bertz CT molecular complexity index is 953. The van der Waals surface area contributed by atoms with E-state index in [1.54, 1.807) is 48.4 Å². The van der Waals surface area contributed by atoms with E-state index in [9.17, 15) is 13.2 Å². The molecule has 0 spiro atoms. The third kappa shape index (κ3) is 4.62. The van der Waals surface area contributed by atoms with Crippen molar-refractivity contribution in [3.05, 3.63) is 59.7 Å². The van der Waals surface area contributed by atoms with Crippen LogP contribution in [-0.4, -0.2) is 56.8 Å². The predicted octanol–water partition coefficient (Wildman–Crippen LogP) is 3.14. The maximum atomic E-state index is 13.0. The second kappa shape index (κ2) is 8.16. The minimum absolute atomic E-state index is 0.0320. The van der Waals surface area contributed by atoms with Gasteiger partial charge in [0.05, 0.1) is 12.0 Å². The van der Waals surface area contributed by atoms with Gasteiger partial charge in [0, 0.05) is 31.7 Å². The molecule has 1 aliphatic heterocycles. The van der Waals surface area contributed by atoms with Crippen LogP contribution in [0.4, 0.5) is 0 Å². The van der Waals surface area contributed by atoms with E-state index in [0.717, 1.165) is 5.56 Å². The Kier molecular flexibility index (Phi) is 6.00. The van der Waals surface area contributed by atoms with E-state index in [2.05, 4.69) is 20.8 Å². The lowest BCUT2D eigenvalue weighted by atomic mass is 9.87. The molecule has 0 unspecified atom stereocenters. The third-order valence-electron chi connectivity index (χ3n) is 5.22. The van der Waals surface area contributed by atoms with Crippen LogP contribution in [0.5, 0.6) is 5.75 Å². The fourth-order valence-electron chi connectivity index (χ4n) is 3.32. The zero-order valence-corrected chi connectivity index (χ0v) is 18.2. The number of methoxy groups -OCH3 is 1. The first-order valence-electron chi connectivity index (χ1n) is 9.67. The van der Waals surface area contributed by atoms with E-state index in [1.165, 1.54) is 4.31 Å². The van der Waals surface area contributed by atoms with Gasteiger partial charge >= 0.3 is 0 Å². The molecule has 29 heavy (non-hydrogen) atoms. The van der Waals surface area contributed by atoms with E-state index in [1.807, 2.05) is 12.1 Å². The molecule has 1 saturated heterocycles. The van der Waals surface area contributed by atoms with Crippen LogP contribution in [0.1, 0.15) is 36.7 Å². The predicted molar refractivity (Wildman–Crippen MR) is 113 cm³/mol. The molecule has 6 nitrogen and oxygen atoms in total. The first-order chi connectivity index (χ1) is 13.6. The molecule has 0 aromatic heterocycles. The molecule has 1 aliphatic rings. The lowest BCUT2D eigenvalue weighted by Gasteiger charge is -2.34. The first kappa shape index (κ1) is 21.3. The monoisotopic (exact) mass is 416 g/mol. The SMILES string of the molecule is COc1ccc(C(=O)N2CCN(S(=O)(=O)c3ccc(C(C)(C)C)cc3)CC2)cc1. The minimum atomic E-state index is -3.57. The molecule has 156 valence electrons. The van der Waals surface area contributed by atoms with Crippen molar-refractivity contribution in [1.82, 2.24) is 9.21 Å². The Hall–Kier alpha value is -2.38. The van der Waals surface area contributed by atoms with Gasteiger partial charge in [-0.25, -0.2) is 8.42 Å². The average molecular weight is 417 g/mol. The summed E-state index contributed by atoms with van der Waals surface area (Å²) in [5.74, 6) is 0.592. The van der Waals surface area contributed by atoms with E-state index in [-0.39, 0.29) is 24.4 Å². The molecule has 1 heterocycles. The summed E-state index contributed by atoms with van der Waals surface area (Å²) in [6.07, 6.45) is 0. The van der Waals surface area contributed by atoms with Gasteiger partial charge in [-0.1, -0.05) is 32.9 Å². The Morgan fingerprint density at radius 1 is 0.897 bits per heavy atom. The highest BCUT2D eigenvalue weighted by Gasteiger charge is 2.30. The molecule has 7 heteroatoms. The first-order valence-corrected chi connectivity index (χ1v) is 11.1. The zero-order chi connectivity index (χ0) is 21.2. The molecule has 2 aromatic carbocycles. The Morgan fingerprint density at radius 2 is 1.45 bits per heavy atom. The van der Waals surface area contributed by atoms with Crippen LogP contribution in [0.25, 0.3) is 0 Å². The number of hydrogen-bond acceptors (Lipinski definition) is 4. The van der Waals surface area contributed by atoms with Crippen LogP contribution >= 0.6 is 0 Å².